The lowest BCUT2D eigenvalue weighted by molar-refractivity contribution is 0.315. The molecular weight excluding hydrogens is 284 g/mol. The fourth-order valence-electron chi connectivity index (χ4n) is 0.853. The van der Waals surface area contributed by atoms with E-state index in [9.17, 15) is 0 Å². The molecule has 0 unspecified atom stereocenters. The summed E-state index contributed by atoms with van der Waals surface area (Å²) < 4.78 is 2.03. The van der Waals surface area contributed by atoms with Crippen molar-refractivity contribution in [3.8, 4) is 0 Å². The van der Waals surface area contributed by atoms with Crippen molar-refractivity contribution in [3.05, 3.63) is 38.6 Å². The Morgan fingerprint density at radius 3 is 2.50 bits per heavy atom. The van der Waals surface area contributed by atoms with Gasteiger partial charge in [0, 0.05) is 14.9 Å². The van der Waals surface area contributed by atoms with E-state index in [4.69, 9.17) is 5.11 Å². The summed E-state index contributed by atoms with van der Waals surface area (Å²) in [6.45, 7) is 2.02. The van der Waals surface area contributed by atoms with Crippen LogP contribution in [0.4, 0.5) is 0 Å². The predicted molar refractivity (Wildman–Crippen MR) is 56.9 cm³/mol. The van der Waals surface area contributed by atoms with Crippen LogP contribution in [0.5, 0.6) is 0 Å². The maximum Gasteiger partial charge on any atom is 0.0534 e. The van der Waals surface area contributed by atoms with Gasteiger partial charge in [-0.25, -0.2) is 0 Å². The van der Waals surface area contributed by atoms with Crippen molar-refractivity contribution in [3.63, 3.8) is 0 Å². The smallest absolute Gasteiger partial charge is 0.0534 e. The molecule has 1 rings (SSSR count). The molecule has 65 valence electrons. The van der Waals surface area contributed by atoms with Gasteiger partial charge in [-0.15, -0.1) is 0 Å². The highest BCUT2D eigenvalue weighted by Crippen LogP contribution is 2.26. The average molecular weight is 293 g/mol. The van der Waals surface area contributed by atoms with Crippen LogP contribution in [0, 0.1) is 5.92 Å². The molecule has 1 nitrogen and oxygen atoms in total. The summed E-state index contributed by atoms with van der Waals surface area (Å²) in [7, 11) is 0. The van der Waals surface area contributed by atoms with Gasteiger partial charge in [-0.05, 0) is 49.6 Å². The maximum atomic E-state index is 8.88. The van der Waals surface area contributed by atoms with Crippen molar-refractivity contribution < 1.29 is 5.11 Å². The molecule has 0 aliphatic heterocycles. The van der Waals surface area contributed by atoms with Gasteiger partial charge in [0.15, 0.2) is 0 Å². The van der Waals surface area contributed by atoms with Crippen LogP contribution in [0.1, 0.15) is 12.5 Å². The molecule has 0 aromatic heterocycles. The lowest BCUT2D eigenvalue weighted by Crippen LogP contribution is -1.99. The molecule has 0 bridgehead atoms. The first kappa shape index (κ1) is 10.2. The van der Waals surface area contributed by atoms with E-state index in [0.29, 0.717) is 0 Å². The molecule has 3 heteroatoms. The molecule has 1 N–H and O–H groups in total. The number of hydrogen-bond acceptors (Lipinski definition) is 1. The van der Waals surface area contributed by atoms with Gasteiger partial charge in [0.2, 0.25) is 0 Å². The lowest BCUT2D eigenvalue weighted by atomic mass is 10.0. The fraction of sp³-hybridized carbons (Fsp3) is 0.222. The van der Waals surface area contributed by atoms with Crippen LogP contribution in [-0.4, -0.2) is 11.7 Å². The van der Waals surface area contributed by atoms with E-state index in [-0.39, 0.29) is 6.61 Å². The van der Waals surface area contributed by atoms with E-state index in [2.05, 4.69) is 31.9 Å². The third-order valence-corrected chi connectivity index (χ3v) is 3.53. The quantitative estimate of drug-likeness (QED) is 0.888. The Hall–Kier alpha value is 0.140. The zero-order chi connectivity index (χ0) is 9.14. The zero-order valence-electron chi connectivity index (χ0n) is 6.64. The van der Waals surface area contributed by atoms with Gasteiger partial charge in [0.1, 0.15) is 0 Å². The Balaban J connectivity index is 2.96. The minimum atomic E-state index is 0.105. The summed E-state index contributed by atoms with van der Waals surface area (Å²) in [5, 5.41) is 8.88. The van der Waals surface area contributed by atoms with Crippen LogP contribution in [-0.2, 0) is 0 Å². The summed E-state index contributed by atoms with van der Waals surface area (Å²) >= 11 is 6.78. The largest absolute Gasteiger partial charge is 0.395 e. The van der Waals surface area contributed by atoms with E-state index in [1.165, 1.54) is 0 Å². The van der Waals surface area contributed by atoms with E-state index >= 15 is 0 Å². The number of benzene rings is 1. The predicted octanol–water partition coefficient (Wildman–Crippen LogP) is 3.15. The second-order valence-corrected chi connectivity index (χ2v) is 4.28. The monoisotopic (exact) mass is 291 g/mol. The van der Waals surface area contributed by atoms with E-state index < -0.39 is 0 Å². The van der Waals surface area contributed by atoms with Crippen molar-refractivity contribution in [2.45, 2.75) is 6.92 Å². The van der Waals surface area contributed by atoms with Crippen LogP contribution >= 0.6 is 31.9 Å². The van der Waals surface area contributed by atoms with E-state index in [1.54, 1.807) is 0 Å². The van der Waals surface area contributed by atoms with Crippen LogP contribution in [0.2, 0.25) is 0 Å². The molecule has 0 amide bonds. The zero-order valence-corrected chi connectivity index (χ0v) is 9.81. The molecule has 1 aromatic carbocycles. The summed E-state index contributed by atoms with van der Waals surface area (Å²) in [6.07, 6.45) is 0. The standard InChI is InChI=1S/C9H9Br2O/c1-6(5-12)7-2-3-8(10)9(11)4-7/h2-4,12H,5H2,1H3. The van der Waals surface area contributed by atoms with Crippen LogP contribution in [0.25, 0.3) is 0 Å². The highest BCUT2D eigenvalue weighted by atomic mass is 79.9. The van der Waals surface area contributed by atoms with Gasteiger partial charge < -0.3 is 5.11 Å². The molecule has 0 fully saturated rings. The second-order valence-electron chi connectivity index (χ2n) is 2.57. The fourth-order valence-corrected chi connectivity index (χ4v) is 1.48. The average Bonchev–Trinajstić information content (AvgIpc) is 2.08. The van der Waals surface area contributed by atoms with Gasteiger partial charge in [-0.2, -0.15) is 0 Å². The van der Waals surface area contributed by atoms with Gasteiger partial charge in [-0.3, -0.25) is 0 Å². The molecule has 0 atom stereocenters. The SMILES string of the molecule is C[C](CO)c1ccc(Br)c(Br)c1. The van der Waals surface area contributed by atoms with Crippen molar-refractivity contribution >= 4 is 31.9 Å². The van der Waals surface area contributed by atoms with Gasteiger partial charge in [0.25, 0.3) is 0 Å². The first-order valence-electron chi connectivity index (χ1n) is 3.54. The van der Waals surface area contributed by atoms with Gasteiger partial charge in [0.05, 0.1) is 6.61 Å². The molecular formula is C9H9Br2O. The van der Waals surface area contributed by atoms with Crippen molar-refractivity contribution in [1.82, 2.24) is 0 Å². The first-order valence-corrected chi connectivity index (χ1v) is 5.12. The third-order valence-electron chi connectivity index (χ3n) is 1.65. The lowest BCUT2D eigenvalue weighted by Gasteiger charge is -2.08. The number of halogens is 2. The topological polar surface area (TPSA) is 20.2 Å². The molecule has 0 saturated heterocycles. The molecule has 0 heterocycles. The third kappa shape index (κ3) is 2.31. The number of aliphatic hydroxyl groups is 1. The van der Waals surface area contributed by atoms with Crippen molar-refractivity contribution in [1.29, 1.82) is 0 Å². The number of hydrogen-bond donors (Lipinski definition) is 1. The number of aliphatic hydroxyl groups excluding tert-OH is 1. The molecule has 12 heavy (non-hydrogen) atoms. The van der Waals surface area contributed by atoms with Crippen LogP contribution in [0.3, 0.4) is 0 Å². The highest BCUT2D eigenvalue weighted by molar-refractivity contribution is 9.13. The molecule has 1 aromatic rings. The first-order chi connectivity index (χ1) is 5.65. The Morgan fingerprint density at radius 1 is 1.33 bits per heavy atom. The Kier molecular flexibility index (Phi) is 3.75. The summed E-state index contributed by atoms with van der Waals surface area (Å²) in [4.78, 5) is 0. The minimum Gasteiger partial charge on any atom is -0.395 e. The van der Waals surface area contributed by atoms with Crippen molar-refractivity contribution in [2.24, 2.45) is 0 Å². The highest BCUT2D eigenvalue weighted by Gasteiger charge is 2.05. The van der Waals surface area contributed by atoms with Crippen LogP contribution in [0.15, 0.2) is 27.1 Å². The van der Waals surface area contributed by atoms with Gasteiger partial charge in [-0.1, -0.05) is 13.0 Å². The number of rotatable bonds is 2. The molecule has 0 aliphatic carbocycles. The molecule has 0 spiro atoms. The Labute approximate surface area is 89.1 Å². The van der Waals surface area contributed by atoms with Crippen molar-refractivity contribution in [2.75, 3.05) is 6.61 Å². The molecule has 0 saturated carbocycles. The molecule has 1 radical (unpaired) electrons. The minimum absolute atomic E-state index is 0.105. The van der Waals surface area contributed by atoms with Crippen LogP contribution < -0.4 is 0 Å². The Morgan fingerprint density at radius 2 is 2.00 bits per heavy atom. The van der Waals surface area contributed by atoms with E-state index in [1.807, 2.05) is 25.1 Å². The normalized spacial score (nSPS) is 10.8. The summed E-state index contributed by atoms with van der Waals surface area (Å²) in [6, 6.07) is 5.91. The second kappa shape index (κ2) is 4.40. The van der Waals surface area contributed by atoms with E-state index in [0.717, 1.165) is 20.4 Å². The van der Waals surface area contributed by atoms with Gasteiger partial charge >= 0.3 is 0 Å². The Bertz CT molecular complexity index is 273. The maximum absolute atomic E-state index is 8.88. The summed E-state index contributed by atoms with van der Waals surface area (Å²) in [5.74, 6) is 0.975. The summed E-state index contributed by atoms with van der Waals surface area (Å²) in [5.41, 5.74) is 1.06. The molecule has 0 aliphatic rings.